The Bertz CT molecular complexity index is 563. The molecular weight excluding hydrogens is 340 g/mol. The predicted octanol–water partition coefficient (Wildman–Crippen LogP) is 2.55. The van der Waals surface area contributed by atoms with Gasteiger partial charge in [-0.25, -0.2) is 0 Å². The summed E-state index contributed by atoms with van der Waals surface area (Å²) in [4.78, 5) is 23.5. The van der Waals surface area contributed by atoms with Gasteiger partial charge in [0.25, 0.3) is 5.91 Å². The fourth-order valence-electron chi connectivity index (χ4n) is 2.44. The lowest BCUT2D eigenvalue weighted by Gasteiger charge is -2.12. The minimum Gasteiger partial charge on any atom is -0.481 e. The second kappa shape index (κ2) is 5.79. The molecule has 3 rings (SSSR count). The number of carboxylic acids is 1. The molecule has 7 heteroatoms. The third-order valence-corrected chi connectivity index (χ3v) is 4.57. The third-order valence-electron chi connectivity index (χ3n) is 4.03. The summed E-state index contributed by atoms with van der Waals surface area (Å²) < 4.78 is 5.58. The monoisotopic (exact) mass is 356 g/mol. The molecule has 0 aliphatic heterocycles. The molecule has 2 saturated carbocycles. The van der Waals surface area contributed by atoms with Crippen LogP contribution >= 0.6 is 15.9 Å². The number of amides is 1. The van der Waals surface area contributed by atoms with E-state index in [9.17, 15) is 14.7 Å². The van der Waals surface area contributed by atoms with Gasteiger partial charge in [0.1, 0.15) is 5.56 Å². The van der Waals surface area contributed by atoms with Gasteiger partial charge in [-0.1, -0.05) is 18.0 Å². The molecule has 2 aliphatic rings. The molecule has 0 bridgehead atoms. The quantitative estimate of drug-likeness (QED) is 0.782. The molecule has 0 spiro atoms. The van der Waals surface area contributed by atoms with Crippen molar-refractivity contribution < 1.29 is 19.2 Å². The molecular formula is C14H17BrN2O4. The number of halogens is 1. The van der Waals surface area contributed by atoms with E-state index in [1.807, 2.05) is 0 Å². The van der Waals surface area contributed by atoms with Gasteiger partial charge < -0.3 is 14.9 Å². The van der Waals surface area contributed by atoms with Crippen LogP contribution in [0.1, 0.15) is 54.1 Å². The molecule has 114 valence electrons. The van der Waals surface area contributed by atoms with E-state index in [2.05, 4.69) is 26.4 Å². The molecule has 1 aromatic rings. The van der Waals surface area contributed by atoms with Crippen LogP contribution in [0.5, 0.6) is 0 Å². The number of rotatable bonds is 7. The number of hydrogen-bond donors (Lipinski definition) is 2. The number of nitrogens with zero attached hydrogens (tertiary/aromatic N) is 1. The van der Waals surface area contributed by atoms with E-state index < -0.39 is 11.9 Å². The van der Waals surface area contributed by atoms with Crippen LogP contribution in [0, 0.1) is 11.8 Å². The summed E-state index contributed by atoms with van der Waals surface area (Å²) in [7, 11) is 0. The van der Waals surface area contributed by atoms with Crippen LogP contribution in [0.15, 0.2) is 9.13 Å². The van der Waals surface area contributed by atoms with Crippen molar-refractivity contribution in [3.8, 4) is 0 Å². The minimum absolute atomic E-state index is 0.145. The third kappa shape index (κ3) is 3.45. The SMILES string of the molecule is O=C(NCC(CC1CC1)C(=O)O)c1c(Br)noc1C1CC1. The number of carbonyl (C=O) groups is 2. The van der Waals surface area contributed by atoms with Crippen molar-refractivity contribution in [2.75, 3.05) is 6.54 Å². The smallest absolute Gasteiger partial charge is 0.308 e. The lowest BCUT2D eigenvalue weighted by atomic mass is 10.0. The van der Waals surface area contributed by atoms with Crippen LogP contribution < -0.4 is 5.32 Å². The van der Waals surface area contributed by atoms with Crippen LogP contribution in [0.2, 0.25) is 0 Å². The summed E-state index contributed by atoms with van der Waals surface area (Å²) in [5.41, 5.74) is 0.410. The number of nitrogens with one attached hydrogen (secondary N) is 1. The molecule has 2 N–H and O–H groups in total. The van der Waals surface area contributed by atoms with Gasteiger partial charge in [-0.2, -0.15) is 0 Å². The van der Waals surface area contributed by atoms with E-state index >= 15 is 0 Å². The van der Waals surface area contributed by atoms with Gasteiger partial charge in [0, 0.05) is 12.5 Å². The van der Waals surface area contributed by atoms with Crippen LogP contribution in [0.25, 0.3) is 0 Å². The van der Waals surface area contributed by atoms with Crippen LogP contribution in [-0.2, 0) is 4.79 Å². The fourth-order valence-corrected chi connectivity index (χ4v) is 2.89. The molecule has 1 atom stereocenters. The minimum atomic E-state index is -0.853. The van der Waals surface area contributed by atoms with E-state index in [1.165, 1.54) is 0 Å². The topological polar surface area (TPSA) is 92.4 Å². The van der Waals surface area contributed by atoms with Gasteiger partial charge in [0.05, 0.1) is 5.92 Å². The van der Waals surface area contributed by atoms with Crippen molar-refractivity contribution in [1.29, 1.82) is 0 Å². The van der Waals surface area contributed by atoms with Gasteiger partial charge in [-0.15, -0.1) is 0 Å². The van der Waals surface area contributed by atoms with Crippen molar-refractivity contribution in [1.82, 2.24) is 10.5 Å². The Morgan fingerprint density at radius 3 is 2.67 bits per heavy atom. The lowest BCUT2D eigenvalue weighted by Crippen LogP contribution is -2.33. The first-order valence-corrected chi connectivity index (χ1v) is 8.01. The van der Waals surface area contributed by atoms with Crippen LogP contribution in [0.4, 0.5) is 0 Å². The molecule has 0 aromatic carbocycles. The normalized spacial score (nSPS) is 19.3. The van der Waals surface area contributed by atoms with Crippen LogP contribution in [0.3, 0.4) is 0 Å². The summed E-state index contributed by atoms with van der Waals surface area (Å²) >= 11 is 3.22. The molecule has 1 unspecified atom stereocenters. The number of aliphatic carboxylic acids is 1. The van der Waals surface area contributed by atoms with E-state index in [0.29, 0.717) is 28.3 Å². The highest BCUT2D eigenvalue weighted by atomic mass is 79.9. The maximum absolute atomic E-state index is 12.3. The predicted molar refractivity (Wildman–Crippen MR) is 77.0 cm³/mol. The molecule has 6 nitrogen and oxygen atoms in total. The van der Waals surface area contributed by atoms with Gasteiger partial charge in [-0.05, 0) is 41.1 Å². The zero-order valence-electron chi connectivity index (χ0n) is 11.5. The Hall–Kier alpha value is -1.37. The summed E-state index contributed by atoms with van der Waals surface area (Å²) in [6, 6.07) is 0. The Balaban J connectivity index is 1.62. The first kappa shape index (κ1) is 14.6. The lowest BCUT2D eigenvalue weighted by molar-refractivity contribution is -0.141. The molecule has 2 fully saturated rings. The highest BCUT2D eigenvalue weighted by molar-refractivity contribution is 9.10. The maximum atomic E-state index is 12.3. The van der Waals surface area contributed by atoms with Gasteiger partial charge in [0.2, 0.25) is 0 Å². The second-order valence-corrected chi connectivity index (χ2v) is 6.66. The zero-order valence-corrected chi connectivity index (χ0v) is 13.1. The average molecular weight is 357 g/mol. The molecule has 1 aromatic heterocycles. The van der Waals surface area contributed by atoms with E-state index in [1.54, 1.807) is 0 Å². The Kier molecular flexibility index (Phi) is 4.01. The molecule has 1 heterocycles. The standard InChI is InChI=1S/C14H17BrN2O4/c15-12-10(11(21-17-12)8-3-4-8)13(18)16-6-9(14(19)20)5-7-1-2-7/h7-9H,1-6H2,(H,16,18)(H,19,20). The first-order valence-electron chi connectivity index (χ1n) is 7.22. The zero-order chi connectivity index (χ0) is 15.0. The summed E-state index contributed by atoms with van der Waals surface area (Å²) in [6.07, 6.45) is 4.83. The van der Waals surface area contributed by atoms with Gasteiger partial charge in [0.15, 0.2) is 10.4 Å². The second-order valence-electron chi connectivity index (χ2n) is 5.91. The van der Waals surface area contributed by atoms with Crippen molar-refractivity contribution in [2.24, 2.45) is 11.8 Å². The first-order chi connectivity index (χ1) is 10.1. The Labute approximate surface area is 130 Å². The molecule has 21 heavy (non-hydrogen) atoms. The van der Waals surface area contributed by atoms with Crippen molar-refractivity contribution in [3.05, 3.63) is 15.9 Å². The largest absolute Gasteiger partial charge is 0.481 e. The van der Waals surface area contributed by atoms with Crippen LogP contribution in [-0.4, -0.2) is 28.7 Å². The van der Waals surface area contributed by atoms with Crippen molar-refractivity contribution in [3.63, 3.8) is 0 Å². The van der Waals surface area contributed by atoms with Gasteiger partial charge in [-0.3, -0.25) is 9.59 Å². The Morgan fingerprint density at radius 1 is 1.38 bits per heavy atom. The fraction of sp³-hybridized carbons (Fsp3) is 0.643. The summed E-state index contributed by atoms with van der Waals surface area (Å²) in [5.74, 6) is -0.308. The number of carbonyl (C=O) groups excluding carboxylic acids is 1. The molecule has 2 aliphatic carbocycles. The number of hydrogen-bond acceptors (Lipinski definition) is 4. The van der Waals surface area contributed by atoms with Gasteiger partial charge >= 0.3 is 5.97 Å². The summed E-state index contributed by atoms with van der Waals surface area (Å²) in [5, 5.41) is 15.7. The van der Waals surface area contributed by atoms with Crippen molar-refractivity contribution >= 4 is 27.8 Å². The molecule has 0 radical (unpaired) electrons. The number of aromatic nitrogens is 1. The van der Waals surface area contributed by atoms with E-state index in [4.69, 9.17) is 4.52 Å². The molecule has 0 saturated heterocycles. The van der Waals surface area contributed by atoms with E-state index in [-0.39, 0.29) is 18.4 Å². The highest BCUT2D eigenvalue weighted by Crippen LogP contribution is 2.43. The molecule has 1 amide bonds. The average Bonchev–Trinajstić information content (AvgIpc) is 3.33. The highest BCUT2D eigenvalue weighted by Gasteiger charge is 2.35. The van der Waals surface area contributed by atoms with E-state index in [0.717, 1.165) is 25.7 Å². The Morgan fingerprint density at radius 2 is 2.10 bits per heavy atom. The maximum Gasteiger partial charge on any atom is 0.308 e. The number of carboxylic acid groups (broad SMARTS) is 1. The van der Waals surface area contributed by atoms with Crippen molar-refractivity contribution in [2.45, 2.75) is 38.0 Å². The summed E-state index contributed by atoms with van der Waals surface area (Å²) in [6.45, 7) is 0.145.